The Hall–Kier alpha value is -5.95. The highest BCUT2D eigenvalue weighted by Gasteiger charge is 2.26. The van der Waals surface area contributed by atoms with E-state index in [1.807, 2.05) is 11.8 Å². The largest absolute Gasteiger partial charge is 0.491 e. The van der Waals surface area contributed by atoms with Crippen LogP contribution in [0.3, 0.4) is 0 Å². The molecule has 2 heterocycles. The zero-order chi connectivity index (χ0) is 38.6. The first-order valence-electron chi connectivity index (χ1n) is 19.4. The molecule has 1 aliphatic rings. The Balaban J connectivity index is 0.954. The van der Waals surface area contributed by atoms with E-state index >= 15 is 0 Å². The summed E-state index contributed by atoms with van der Waals surface area (Å²) >= 11 is 3.61. The van der Waals surface area contributed by atoms with Crippen LogP contribution in [-0.4, -0.2) is 26.0 Å². The van der Waals surface area contributed by atoms with Crippen molar-refractivity contribution < 1.29 is 14.0 Å². The Kier molecular flexibility index (Phi) is 10.7. The van der Waals surface area contributed by atoms with E-state index in [2.05, 4.69) is 199 Å². The first kappa shape index (κ1) is 36.7. The molecule has 57 heavy (non-hydrogen) atoms. The van der Waals surface area contributed by atoms with Gasteiger partial charge in [-0.2, -0.15) is 4.57 Å². The molecule has 0 amide bonds. The van der Waals surface area contributed by atoms with Crippen molar-refractivity contribution in [3.05, 3.63) is 186 Å². The Morgan fingerprint density at radius 2 is 1.33 bits per heavy atom. The quantitative estimate of drug-likeness (QED) is 0.0699. The van der Waals surface area contributed by atoms with E-state index in [9.17, 15) is 0 Å². The van der Waals surface area contributed by atoms with E-state index in [-0.39, 0.29) is 0 Å². The molecule has 4 nitrogen and oxygen atoms in total. The fourth-order valence-corrected chi connectivity index (χ4v) is 9.28. The van der Waals surface area contributed by atoms with Crippen molar-refractivity contribution in [1.82, 2.24) is 0 Å². The van der Waals surface area contributed by atoms with Gasteiger partial charge in [-0.1, -0.05) is 139 Å². The number of aromatic nitrogens is 1. The zero-order valence-electron chi connectivity index (χ0n) is 32.1. The number of hydrogen-bond acceptors (Lipinski definition) is 5. The molecule has 0 atom stereocenters. The lowest BCUT2D eigenvalue weighted by atomic mass is 10.1. The predicted octanol–water partition coefficient (Wildman–Crippen LogP) is 12.9. The average molecular weight is 780 g/mol. The van der Waals surface area contributed by atoms with Gasteiger partial charge in [-0.15, -0.1) is 11.8 Å². The SMILES string of the molecule is CSc1ccc2c(c1)c(C=CC(C)=CC=C1Sc3c(ccc4ccccc34)N1CCOc1cccc3ccccc13)cc[n+]2CCOc1cccc2ccccc12. The van der Waals surface area contributed by atoms with Gasteiger partial charge >= 0.3 is 0 Å². The number of hydrogen-bond donors (Lipinski definition) is 0. The number of pyridine rings is 1. The summed E-state index contributed by atoms with van der Waals surface area (Å²) in [6, 6.07) is 51.4. The van der Waals surface area contributed by atoms with E-state index in [4.69, 9.17) is 9.47 Å². The van der Waals surface area contributed by atoms with Crippen LogP contribution >= 0.6 is 23.5 Å². The van der Waals surface area contributed by atoms with Gasteiger partial charge in [0.15, 0.2) is 12.7 Å². The molecule has 0 radical (unpaired) electrons. The third kappa shape index (κ3) is 7.76. The molecule has 0 saturated carbocycles. The summed E-state index contributed by atoms with van der Waals surface area (Å²) in [6.45, 7) is 4.79. The number of nitrogens with zero attached hydrogens (tertiary/aromatic N) is 2. The second kappa shape index (κ2) is 16.6. The molecule has 0 aliphatic carbocycles. The molecule has 1 aliphatic heterocycles. The minimum atomic E-state index is 0.565. The summed E-state index contributed by atoms with van der Waals surface area (Å²) in [7, 11) is 0. The summed E-state index contributed by atoms with van der Waals surface area (Å²) < 4.78 is 15.1. The van der Waals surface area contributed by atoms with Gasteiger partial charge in [-0.3, -0.25) is 0 Å². The molecule has 1 aromatic heterocycles. The molecule has 0 fully saturated rings. The highest BCUT2D eigenvalue weighted by Crippen LogP contribution is 2.49. The number of ether oxygens (including phenoxy) is 2. The lowest BCUT2D eigenvalue weighted by Gasteiger charge is -2.21. The van der Waals surface area contributed by atoms with E-state index in [0.717, 1.165) is 35.4 Å². The van der Waals surface area contributed by atoms with Gasteiger partial charge in [-0.25, -0.2) is 0 Å². The molecule has 6 heteroatoms. The number of allylic oxidation sites excluding steroid dienone is 4. The maximum atomic E-state index is 6.45. The van der Waals surface area contributed by atoms with Gasteiger partial charge < -0.3 is 14.4 Å². The topological polar surface area (TPSA) is 25.6 Å². The Bertz CT molecular complexity index is 2850. The molecule has 8 aromatic rings. The standard InChI is InChI=1S/C51H43N2O2S2/c1-36(21-23-40-29-30-52(46-27-25-41(56-2)35-45(40)46)31-33-54-48-19-9-14-37-11-3-6-16-42(37)48)22-28-50-53(47-26-24-39-13-5-8-18-44(39)51(47)57-50)32-34-55-49-20-10-15-38-12-4-7-17-43(38)49/h3-30,35H,31-34H2,1-2H3/q+1. The van der Waals surface area contributed by atoms with Gasteiger partial charge in [-0.05, 0) is 76.7 Å². The summed E-state index contributed by atoms with van der Waals surface area (Å²) in [4.78, 5) is 4.94. The zero-order valence-corrected chi connectivity index (χ0v) is 33.7. The van der Waals surface area contributed by atoms with Crippen molar-refractivity contribution in [2.24, 2.45) is 0 Å². The van der Waals surface area contributed by atoms with Crippen molar-refractivity contribution >= 4 is 78.5 Å². The maximum absolute atomic E-state index is 6.45. The summed E-state index contributed by atoms with van der Waals surface area (Å²) in [6.07, 6.45) is 13.3. The molecule has 9 rings (SSSR count). The van der Waals surface area contributed by atoms with Crippen LogP contribution in [0.5, 0.6) is 11.5 Å². The Morgan fingerprint density at radius 3 is 2.05 bits per heavy atom. The molecule has 0 spiro atoms. The van der Waals surface area contributed by atoms with Crippen molar-refractivity contribution in [3.63, 3.8) is 0 Å². The number of benzene rings is 7. The molecule has 0 saturated heterocycles. The fraction of sp³-hybridized carbons (Fsp3) is 0.118. The van der Waals surface area contributed by atoms with Gasteiger partial charge in [0, 0.05) is 32.7 Å². The second-order valence-electron chi connectivity index (χ2n) is 14.1. The molecule has 0 unspecified atom stereocenters. The minimum absolute atomic E-state index is 0.565. The maximum Gasteiger partial charge on any atom is 0.213 e. The Morgan fingerprint density at radius 1 is 0.684 bits per heavy atom. The second-order valence-corrected chi connectivity index (χ2v) is 16.0. The van der Waals surface area contributed by atoms with Crippen LogP contribution in [-0.2, 0) is 6.54 Å². The summed E-state index contributed by atoms with van der Waals surface area (Å²) in [5.41, 5.74) is 4.78. The van der Waals surface area contributed by atoms with Gasteiger partial charge in [0.25, 0.3) is 0 Å². The molecule has 280 valence electrons. The van der Waals surface area contributed by atoms with Crippen LogP contribution in [0.1, 0.15) is 12.5 Å². The Labute approximate surface area is 342 Å². The van der Waals surface area contributed by atoms with Crippen molar-refractivity contribution in [1.29, 1.82) is 0 Å². The molecule has 0 bridgehead atoms. The van der Waals surface area contributed by atoms with Crippen molar-refractivity contribution in [2.75, 3.05) is 30.9 Å². The van der Waals surface area contributed by atoms with Crippen molar-refractivity contribution in [3.8, 4) is 11.5 Å². The van der Waals surface area contributed by atoms with Crippen LogP contribution < -0.4 is 18.9 Å². The molecule has 0 N–H and O–H groups in total. The van der Waals surface area contributed by atoms with E-state index < -0.39 is 0 Å². The highest BCUT2D eigenvalue weighted by atomic mass is 32.2. The fourth-order valence-electron chi connectivity index (χ4n) is 7.61. The molecule has 7 aromatic carbocycles. The van der Waals surface area contributed by atoms with Gasteiger partial charge in [0.1, 0.15) is 24.7 Å². The van der Waals surface area contributed by atoms with Crippen molar-refractivity contribution in [2.45, 2.75) is 23.3 Å². The lowest BCUT2D eigenvalue weighted by molar-refractivity contribution is -0.672. The molecular weight excluding hydrogens is 737 g/mol. The van der Waals surface area contributed by atoms with Crippen LogP contribution in [0.15, 0.2) is 190 Å². The highest BCUT2D eigenvalue weighted by molar-refractivity contribution is 8.04. The van der Waals surface area contributed by atoms with Gasteiger partial charge in [0.05, 0.1) is 22.6 Å². The van der Waals surface area contributed by atoms with E-state index in [1.54, 1.807) is 11.8 Å². The van der Waals surface area contributed by atoms with Crippen LogP contribution in [0.4, 0.5) is 5.69 Å². The van der Waals surface area contributed by atoms with Crippen LogP contribution in [0.2, 0.25) is 0 Å². The first-order chi connectivity index (χ1) is 28.1. The minimum Gasteiger partial charge on any atom is -0.491 e. The van der Waals surface area contributed by atoms with Gasteiger partial charge in [0.2, 0.25) is 5.52 Å². The first-order valence-corrected chi connectivity index (χ1v) is 21.4. The third-order valence-electron chi connectivity index (χ3n) is 10.6. The predicted molar refractivity (Wildman–Crippen MR) is 243 cm³/mol. The summed E-state index contributed by atoms with van der Waals surface area (Å²) in [5, 5.41) is 9.61. The number of thioether (sulfide) groups is 2. The lowest BCUT2D eigenvalue weighted by Crippen LogP contribution is -2.37. The van der Waals surface area contributed by atoms with Crippen LogP contribution in [0.25, 0.3) is 49.3 Å². The summed E-state index contributed by atoms with van der Waals surface area (Å²) in [5.74, 6) is 1.84. The van der Waals surface area contributed by atoms with E-state index in [1.165, 1.54) is 64.1 Å². The number of anilines is 1. The molecular formula is C51H43N2O2S2+. The van der Waals surface area contributed by atoms with Crippen LogP contribution in [0, 0.1) is 0 Å². The van der Waals surface area contributed by atoms with E-state index in [0.29, 0.717) is 13.2 Å². The normalized spacial score (nSPS) is 13.8. The number of rotatable bonds is 12. The smallest absolute Gasteiger partial charge is 0.213 e. The third-order valence-corrected chi connectivity index (χ3v) is 12.5. The average Bonchev–Trinajstić information content (AvgIpc) is 3.62. The monoisotopic (exact) mass is 779 g/mol. The number of fused-ring (bicyclic) bond motifs is 6.